The molecule has 2 rings (SSSR count). The molecule has 9 heteroatoms. The second-order valence-corrected chi connectivity index (χ2v) is 5.26. The van der Waals surface area contributed by atoms with Crippen LogP contribution in [0.5, 0.6) is 0 Å². The van der Waals surface area contributed by atoms with Gasteiger partial charge in [-0.2, -0.15) is 0 Å². The topological polar surface area (TPSA) is 51.2 Å². The number of benzene rings is 1. The van der Waals surface area contributed by atoms with Gasteiger partial charge in [0.05, 0.1) is 17.8 Å². The highest BCUT2D eigenvalue weighted by Gasteiger charge is 2.19. The molecule has 1 N–H and O–H groups in total. The second kappa shape index (κ2) is 5.90. The third kappa shape index (κ3) is 3.00. The van der Waals surface area contributed by atoms with Crippen LogP contribution in [-0.2, 0) is 4.74 Å². The van der Waals surface area contributed by atoms with E-state index in [2.05, 4.69) is 15.0 Å². The number of carbonyl (C=O) groups is 1. The standard InChI is InChI=1S/C11H6Cl2F2N2O2S/c1-19-10(18)8-9(13)17-11(20-8)16-7-5(12)2-4(14)3-6(7)15/h2-3H,1H3,(H,16,17). The first-order valence-corrected chi connectivity index (χ1v) is 6.66. The van der Waals surface area contributed by atoms with Crippen LogP contribution < -0.4 is 5.32 Å². The Morgan fingerprint density at radius 1 is 1.40 bits per heavy atom. The number of anilines is 2. The van der Waals surface area contributed by atoms with E-state index in [1.165, 1.54) is 7.11 Å². The fourth-order valence-corrected chi connectivity index (χ4v) is 2.69. The van der Waals surface area contributed by atoms with Gasteiger partial charge in [0.25, 0.3) is 0 Å². The van der Waals surface area contributed by atoms with Crippen LogP contribution in [0.2, 0.25) is 10.2 Å². The minimum atomic E-state index is -0.888. The Kier molecular flexibility index (Phi) is 4.42. The maximum Gasteiger partial charge on any atom is 0.351 e. The number of esters is 1. The zero-order valence-electron chi connectivity index (χ0n) is 9.84. The van der Waals surface area contributed by atoms with Crippen LogP contribution in [0.4, 0.5) is 19.6 Å². The molecule has 2 aromatic rings. The van der Waals surface area contributed by atoms with Crippen molar-refractivity contribution in [1.82, 2.24) is 4.98 Å². The summed E-state index contributed by atoms with van der Waals surface area (Å²) in [5.41, 5.74) is -0.158. The molecule has 0 bridgehead atoms. The van der Waals surface area contributed by atoms with Gasteiger partial charge in [-0.1, -0.05) is 34.5 Å². The predicted octanol–water partition coefficient (Wildman–Crippen LogP) is 4.26. The van der Waals surface area contributed by atoms with E-state index in [0.717, 1.165) is 17.4 Å². The van der Waals surface area contributed by atoms with Crippen LogP contribution in [0.1, 0.15) is 9.67 Å². The van der Waals surface area contributed by atoms with Crippen molar-refractivity contribution < 1.29 is 18.3 Å². The number of aromatic nitrogens is 1. The summed E-state index contributed by atoms with van der Waals surface area (Å²) in [7, 11) is 1.20. The number of thiazole rings is 1. The minimum absolute atomic E-state index is 0.0651. The third-order valence-corrected chi connectivity index (χ3v) is 3.83. The lowest BCUT2D eigenvalue weighted by atomic mass is 10.3. The van der Waals surface area contributed by atoms with Gasteiger partial charge in [-0.3, -0.25) is 0 Å². The zero-order valence-corrected chi connectivity index (χ0v) is 12.2. The van der Waals surface area contributed by atoms with Crippen LogP contribution >= 0.6 is 34.5 Å². The minimum Gasteiger partial charge on any atom is -0.465 e. The van der Waals surface area contributed by atoms with Gasteiger partial charge in [-0.25, -0.2) is 18.6 Å². The van der Waals surface area contributed by atoms with E-state index >= 15 is 0 Å². The number of hydrogen-bond acceptors (Lipinski definition) is 5. The van der Waals surface area contributed by atoms with Crippen molar-refractivity contribution in [2.45, 2.75) is 0 Å². The van der Waals surface area contributed by atoms with Crippen molar-refractivity contribution in [2.75, 3.05) is 12.4 Å². The van der Waals surface area contributed by atoms with E-state index in [9.17, 15) is 13.6 Å². The smallest absolute Gasteiger partial charge is 0.351 e. The lowest BCUT2D eigenvalue weighted by molar-refractivity contribution is 0.0606. The van der Waals surface area contributed by atoms with Gasteiger partial charge >= 0.3 is 5.97 Å². The lowest BCUT2D eigenvalue weighted by Gasteiger charge is -2.06. The molecule has 0 radical (unpaired) electrons. The first kappa shape index (κ1) is 15.0. The Morgan fingerprint density at radius 3 is 2.70 bits per heavy atom. The maximum absolute atomic E-state index is 13.6. The number of carbonyl (C=O) groups excluding carboxylic acids is 1. The number of halogens is 4. The van der Waals surface area contributed by atoms with Gasteiger partial charge in [0, 0.05) is 6.07 Å². The summed E-state index contributed by atoms with van der Waals surface area (Å²) in [4.78, 5) is 15.3. The summed E-state index contributed by atoms with van der Waals surface area (Å²) in [6, 6.07) is 1.62. The average molecular weight is 339 g/mol. The third-order valence-electron chi connectivity index (χ3n) is 2.20. The number of rotatable bonds is 3. The molecule has 0 atom stereocenters. The fraction of sp³-hybridized carbons (Fsp3) is 0.0909. The Bertz CT molecular complexity index is 655. The van der Waals surface area contributed by atoms with Crippen LogP contribution in [-0.4, -0.2) is 18.1 Å². The van der Waals surface area contributed by atoms with Crippen LogP contribution in [0.3, 0.4) is 0 Å². The van der Waals surface area contributed by atoms with Crippen molar-refractivity contribution in [1.29, 1.82) is 0 Å². The quantitative estimate of drug-likeness (QED) is 0.849. The molecule has 0 unspecified atom stereocenters. The van der Waals surface area contributed by atoms with E-state index in [-0.39, 0.29) is 25.9 Å². The summed E-state index contributed by atoms with van der Waals surface area (Å²) in [6.07, 6.45) is 0. The summed E-state index contributed by atoms with van der Waals surface area (Å²) in [6.45, 7) is 0. The van der Waals surface area contributed by atoms with Gasteiger partial charge in [0.15, 0.2) is 21.0 Å². The van der Waals surface area contributed by atoms with E-state index < -0.39 is 17.6 Å². The largest absolute Gasteiger partial charge is 0.465 e. The molecule has 0 aliphatic rings. The highest BCUT2D eigenvalue weighted by molar-refractivity contribution is 7.18. The highest BCUT2D eigenvalue weighted by atomic mass is 35.5. The van der Waals surface area contributed by atoms with Crippen molar-refractivity contribution in [3.63, 3.8) is 0 Å². The van der Waals surface area contributed by atoms with Crippen LogP contribution in [0.25, 0.3) is 0 Å². The first-order chi connectivity index (χ1) is 9.42. The fourth-order valence-electron chi connectivity index (χ4n) is 1.34. The Hall–Kier alpha value is -1.44. The van der Waals surface area contributed by atoms with E-state index in [1.54, 1.807) is 0 Å². The average Bonchev–Trinajstić information content (AvgIpc) is 2.74. The summed E-state index contributed by atoms with van der Waals surface area (Å²) < 4.78 is 31.0. The number of nitrogens with one attached hydrogen (secondary N) is 1. The summed E-state index contributed by atoms with van der Waals surface area (Å²) in [5.74, 6) is -2.35. The molecule has 0 fully saturated rings. The molecule has 0 saturated carbocycles. The van der Waals surface area contributed by atoms with Crippen molar-refractivity contribution in [3.05, 3.63) is 38.8 Å². The van der Waals surface area contributed by atoms with E-state index in [0.29, 0.717) is 6.07 Å². The molecule has 1 aromatic carbocycles. The normalized spacial score (nSPS) is 10.4. The number of ether oxygens (including phenoxy) is 1. The summed E-state index contributed by atoms with van der Waals surface area (Å²) in [5, 5.41) is 2.44. The molecule has 0 aliphatic heterocycles. The van der Waals surface area contributed by atoms with Crippen LogP contribution in [0.15, 0.2) is 12.1 Å². The lowest BCUT2D eigenvalue weighted by Crippen LogP contribution is -1.98. The molecule has 0 spiro atoms. The summed E-state index contributed by atoms with van der Waals surface area (Å²) >= 11 is 12.4. The van der Waals surface area contributed by atoms with Crippen molar-refractivity contribution in [2.24, 2.45) is 0 Å². The number of nitrogens with zero attached hydrogens (tertiary/aromatic N) is 1. The zero-order chi connectivity index (χ0) is 14.9. The molecular formula is C11H6Cl2F2N2O2S. The highest BCUT2D eigenvalue weighted by Crippen LogP contribution is 2.33. The van der Waals surface area contributed by atoms with Gasteiger partial charge in [0.2, 0.25) is 0 Å². The molecule has 0 saturated heterocycles. The van der Waals surface area contributed by atoms with Crippen molar-refractivity contribution in [3.8, 4) is 0 Å². The molecule has 20 heavy (non-hydrogen) atoms. The molecular weight excluding hydrogens is 333 g/mol. The van der Waals surface area contributed by atoms with Crippen molar-refractivity contribution >= 4 is 51.3 Å². The van der Waals surface area contributed by atoms with Gasteiger partial charge in [-0.15, -0.1) is 0 Å². The van der Waals surface area contributed by atoms with Gasteiger partial charge in [-0.05, 0) is 6.07 Å². The Labute approximate surface area is 126 Å². The monoisotopic (exact) mass is 338 g/mol. The molecule has 0 aliphatic carbocycles. The van der Waals surface area contributed by atoms with Gasteiger partial charge in [0.1, 0.15) is 5.82 Å². The molecule has 4 nitrogen and oxygen atoms in total. The Balaban J connectivity index is 2.34. The van der Waals surface area contributed by atoms with Gasteiger partial charge < -0.3 is 10.1 Å². The SMILES string of the molecule is COC(=O)c1sc(Nc2c(F)cc(F)cc2Cl)nc1Cl. The van der Waals surface area contributed by atoms with E-state index in [1.807, 2.05) is 0 Å². The molecule has 106 valence electrons. The predicted molar refractivity (Wildman–Crippen MR) is 73.1 cm³/mol. The van der Waals surface area contributed by atoms with Crippen LogP contribution in [0, 0.1) is 11.6 Å². The second-order valence-electron chi connectivity index (χ2n) is 3.50. The molecule has 0 amide bonds. The Morgan fingerprint density at radius 2 is 2.10 bits per heavy atom. The number of hydrogen-bond donors (Lipinski definition) is 1. The first-order valence-electron chi connectivity index (χ1n) is 5.08. The van der Waals surface area contributed by atoms with E-state index in [4.69, 9.17) is 23.2 Å². The molecule has 1 heterocycles. The number of methoxy groups -OCH3 is 1. The maximum atomic E-state index is 13.6. The molecule has 1 aromatic heterocycles.